The van der Waals surface area contributed by atoms with E-state index in [9.17, 15) is 18.0 Å². The van der Waals surface area contributed by atoms with Crippen molar-refractivity contribution in [2.45, 2.75) is 43.7 Å². The number of para-hydroxylation sites is 1. The number of hydrogen-bond acceptors (Lipinski definition) is 9. The number of carbonyl (C=O) groups is 2. The predicted octanol–water partition coefficient (Wildman–Crippen LogP) is 4.12. The van der Waals surface area contributed by atoms with Gasteiger partial charge >= 0.3 is 6.09 Å². The Kier molecular flexibility index (Phi) is 9.63. The molecule has 2 amide bonds. The Morgan fingerprint density at radius 1 is 1.07 bits per heavy atom. The molecule has 0 fully saturated rings. The predicted molar refractivity (Wildman–Crippen MR) is 165 cm³/mol. The van der Waals surface area contributed by atoms with Gasteiger partial charge in [-0.3, -0.25) is 4.79 Å². The van der Waals surface area contributed by atoms with Crippen molar-refractivity contribution in [2.24, 2.45) is 10.9 Å². The number of nitrogens with two attached hydrogens (primary N) is 1. The zero-order valence-corrected chi connectivity index (χ0v) is 25.3. The number of carbonyl (C=O) groups excluding carboxylic acids is 2. The number of ether oxygens (including phenoxy) is 1. The van der Waals surface area contributed by atoms with Crippen LogP contribution in [0.15, 0.2) is 82.8 Å². The molecule has 1 unspecified atom stereocenters. The minimum absolute atomic E-state index is 0.0703. The van der Waals surface area contributed by atoms with Crippen molar-refractivity contribution in [1.82, 2.24) is 15.0 Å². The van der Waals surface area contributed by atoms with E-state index in [2.05, 4.69) is 25.5 Å². The van der Waals surface area contributed by atoms with E-state index in [0.29, 0.717) is 10.6 Å². The van der Waals surface area contributed by atoms with Crippen molar-refractivity contribution in [2.75, 3.05) is 11.9 Å². The van der Waals surface area contributed by atoms with Gasteiger partial charge in [0.1, 0.15) is 17.2 Å². The zero-order chi connectivity index (χ0) is 31.2. The average molecular weight is 625 g/mol. The van der Waals surface area contributed by atoms with Crippen LogP contribution in [-0.4, -0.2) is 48.6 Å². The Hall–Kier alpha value is -4.53. The summed E-state index contributed by atoms with van der Waals surface area (Å²) in [5.41, 5.74) is 7.22. The molecule has 1 heterocycles. The van der Waals surface area contributed by atoms with Gasteiger partial charge in [-0.1, -0.05) is 41.6 Å². The number of anilines is 1. The van der Waals surface area contributed by atoms with Crippen molar-refractivity contribution in [3.63, 3.8) is 0 Å². The van der Waals surface area contributed by atoms with E-state index in [4.69, 9.17) is 15.7 Å². The number of thiazole rings is 1. The number of amidine groups is 1. The molecule has 0 bridgehead atoms. The number of fused-ring (bicyclic) bond motifs is 1. The number of oxime groups is 1. The number of sulfonamides is 1. The van der Waals surface area contributed by atoms with Crippen molar-refractivity contribution in [3.8, 4) is 0 Å². The normalized spacial score (nSPS) is 13.0. The first kappa shape index (κ1) is 31.4. The highest BCUT2D eigenvalue weighted by Crippen LogP contribution is 2.30. The van der Waals surface area contributed by atoms with Crippen LogP contribution in [0.4, 0.5) is 10.5 Å². The number of alkyl carbamates (subject to hydrolysis) is 1. The third kappa shape index (κ3) is 8.73. The van der Waals surface area contributed by atoms with Gasteiger partial charge in [0.05, 0.1) is 21.2 Å². The smallest absolute Gasteiger partial charge is 0.408 e. The second-order valence-corrected chi connectivity index (χ2v) is 13.3. The van der Waals surface area contributed by atoms with Gasteiger partial charge in [0, 0.05) is 11.3 Å². The molecule has 14 heteroatoms. The minimum Gasteiger partial charge on any atom is -0.444 e. The highest BCUT2D eigenvalue weighted by atomic mass is 32.2. The van der Waals surface area contributed by atoms with Crippen molar-refractivity contribution in [3.05, 3.63) is 88.9 Å². The van der Waals surface area contributed by atoms with E-state index in [1.807, 2.05) is 30.3 Å². The topological polar surface area (TPSA) is 185 Å². The number of hydrogen-bond donors (Lipinski definition) is 5. The first-order chi connectivity index (χ1) is 20.3. The molecule has 0 aliphatic carbocycles. The number of amides is 2. The first-order valence-electron chi connectivity index (χ1n) is 13.1. The maximum Gasteiger partial charge on any atom is 0.408 e. The summed E-state index contributed by atoms with van der Waals surface area (Å²) in [4.78, 5) is 28.8. The number of rotatable bonds is 10. The fourth-order valence-electron chi connectivity index (χ4n) is 4.04. The Morgan fingerprint density at radius 3 is 2.53 bits per heavy atom. The van der Waals surface area contributed by atoms with Gasteiger partial charge in [-0.25, -0.2) is 22.9 Å². The molecule has 6 N–H and O–H groups in total. The number of aromatic nitrogens is 1. The average Bonchev–Trinajstić information content (AvgIpc) is 3.39. The van der Waals surface area contributed by atoms with Crippen LogP contribution in [0.1, 0.15) is 42.9 Å². The molecule has 226 valence electrons. The molecule has 0 spiro atoms. The van der Waals surface area contributed by atoms with Gasteiger partial charge in [-0.05, 0) is 69.2 Å². The quantitative estimate of drug-likeness (QED) is 0.0755. The first-order valence-corrected chi connectivity index (χ1v) is 15.4. The zero-order valence-electron chi connectivity index (χ0n) is 23.7. The number of benzene rings is 3. The highest BCUT2D eigenvalue weighted by Gasteiger charge is 2.25. The van der Waals surface area contributed by atoms with Gasteiger partial charge in [-0.2, -0.15) is 0 Å². The van der Waals surface area contributed by atoms with Crippen molar-refractivity contribution in [1.29, 1.82) is 0 Å². The fraction of sp³-hybridized carbons (Fsp3) is 0.241. The molecule has 4 rings (SSSR count). The maximum atomic E-state index is 13.6. The van der Waals surface area contributed by atoms with Crippen LogP contribution in [-0.2, 0) is 26.0 Å². The van der Waals surface area contributed by atoms with Gasteiger partial charge < -0.3 is 26.3 Å². The second-order valence-electron chi connectivity index (χ2n) is 10.5. The van der Waals surface area contributed by atoms with Gasteiger partial charge in [0.15, 0.2) is 5.84 Å². The van der Waals surface area contributed by atoms with Crippen LogP contribution < -0.4 is 21.1 Å². The third-order valence-electron chi connectivity index (χ3n) is 5.90. The molecule has 3 aromatic carbocycles. The van der Waals surface area contributed by atoms with Crippen LogP contribution in [0.25, 0.3) is 10.2 Å². The molecule has 12 nitrogen and oxygen atoms in total. The number of nitrogens with one attached hydrogen (secondary N) is 3. The van der Waals surface area contributed by atoms with Gasteiger partial charge in [0.2, 0.25) is 15.9 Å². The standard InChI is InChI=1S/C29H32N6O6S2/c1-29(2,3)41-28(37)31-17-25(36)32-20-10-7-11-21(16-20)43(39,40)35-23(27-33-22-12-4-5-13-24(22)42-27)15-18-8-6-9-19(14-18)26(30)34-38/h4-14,16,23,35,38H,15,17H2,1-3H3,(H2,30,34)(H,31,37)(H,32,36). The van der Waals surface area contributed by atoms with E-state index in [1.165, 1.54) is 35.6 Å². The van der Waals surface area contributed by atoms with Crippen LogP contribution in [0.5, 0.6) is 0 Å². The molecule has 1 aromatic heterocycles. The lowest BCUT2D eigenvalue weighted by Gasteiger charge is -2.19. The Morgan fingerprint density at radius 2 is 1.81 bits per heavy atom. The molecule has 0 saturated heterocycles. The molecule has 1 atom stereocenters. The van der Waals surface area contributed by atoms with Crippen molar-refractivity contribution < 1.29 is 28.0 Å². The van der Waals surface area contributed by atoms with Crippen LogP contribution in [0.3, 0.4) is 0 Å². The highest BCUT2D eigenvalue weighted by molar-refractivity contribution is 7.89. The lowest BCUT2D eigenvalue weighted by atomic mass is 10.0. The molecule has 0 aliphatic rings. The summed E-state index contributed by atoms with van der Waals surface area (Å²) in [5.74, 6) is -0.634. The Bertz CT molecular complexity index is 1730. The van der Waals surface area contributed by atoms with E-state index < -0.39 is 33.7 Å². The third-order valence-corrected chi connectivity index (χ3v) is 8.52. The van der Waals surface area contributed by atoms with Crippen molar-refractivity contribution >= 4 is 55.1 Å². The van der Waals surface area contributed by atoms with Gasteiger partial charge in [-0.15, -0.1) is 11.3 Å². The molecular formula is C29H32N6O6S2. The molecule has 43 heavy (non-hydrogen) atoms. The summed E-state index contributed by atoms with van der Waals surface area (Å²) in [6, 6.07) is 19.4. The molecule has 4 aromatic rings. The van der Waals surface area contributed by atoms with Crippen LogP contribution in [0, 0.1) is 0 Å². The Labute approximate surface area is 253 Å². The van der Waals surface area contributed by atoms with E-state index in [0.717, 1.165) is 15.8 Å². The molecular weight excluding hydrogens is 592 g/mol. The second kappa shape index (κ2) is 13.2. The molecule has 0 saturated carbocycles. The number of nitrogens with zero attached hydrogens (tertiary/aromatic N) is 2. The van der Waals surface area contributed by atoms with Crippen LogP contribution in [0.2, 0.25) is 0 Å². The van der Waals surface area contributed by atoms with E-state index in [-0.39, 0.29) is 29.4 Å². The summed E-state index contributed by atoms with van der Waals surface area (Å²) in [6.45, 7) is 4.74. The van der Waals surface area contributed by atoms with E-state index in [1.54, 1.807) is 39.0 Å². The Balaban J connectivity index is 1.55. The lowest BCUT2D eigenvalue weighted by Crippen LogP contribution is -2.37. The van der Waals surface area contributed by atoms with Crippen LogP contribution >= 0.6 is 11.3 Å². The maximum absolute atomic E-state index is 13.6. The summed E-state index contributed by atoms with van der Waals surface area (Å²) < 4.78 is 36.1. The monoisotopic (exact) mass is 624 g/mol. The summed E-state index contributed by atoms with van der Waals surface area (Å²) in [5, 5.41) is 17.6. The summed E-state index contributed by atoms with van der Waals surface area (Å²) in [6.07, 6.45) is -0.529. The molecule has 0 aliphatic heterocycles. The largest absolute Gasteiger partial charge is 0.444 e. The summed E-state index contributed by atoms with van der Waals surface area (Å²) in [7, 11) is -4.11. The minimum atomic E-state index is -4.11. The summed E-state index contributed by atoms with van der Waals surface area (Å²) >= 11 is 1.37. The van der Waals surface area contributed by atoms with Gasteiger partial charge in [0.25, 0.3) is 0 Å². The molecule has 0 radical (unpaired) electrons. The lowest BCUT2D eigenvalue weighted by molar-refractivity contribution is -0.115. The van der Waals surface area contributed by atoms with E-state index >= 15 is 0 Å². The fourth-order valence-corrected chi connectivity index (χ4v) is 6.38. The SMILES string of the molecule is CC(C)(C)OC(=O)NCC(=O)Nc1cccc(S(=O)(=O)NC(Cc2cccc(C(N)=NO)c2)c2nc3ccccc3s2)c1.